The molecule has 14 heavy (non-hydrogen) atoms. The minimum Gasteiger partial charge on any atom is -0.359 e. The van der Waals surface area contributed by atoms with Gasteiger partial charge >= 0.3 is 0 Å². The van der Waals surface area contributed by atoms with Crippen molar-refractivity contribution < 1.29 is 0 Å². The van der Waals surface area contributed by atoms with Crippen molar-refractivity contribution in [3.63, 3.8) is 0 Å². The van der Waals surface area contributed by atoms with E-state index < -0.39 is 0 Å². The first-order valence-corrected chi connectivity index (χ1v) is 5.93. The van der Waals surface area contributed by atoms with Crippen LogP contribution in [0.25, 0.3) is 0 Å². The average molecular weight is 212 g/mol. The predicted octanol–water partition coefficient (Wildman–Crippen LogP) is 1.47. The van der Waals surface area contributed by atoms with E-state index in [0.717, 1.165) is 18.2 Å². The van der Waals surface area contributed by atoms with E-state index in [1.54, 1.807) is 16.8 Å². The highest BCUT2D eigenvalue weighted by Gasteiger charge is 2.32. The Bertz CT molecular complexity index is 266. The van der Waals surface area contributed by atoms with Crippen LogP contribution in [0.1, 0.15) is 25.7 Å². The second kappa shape index (κ2) is 4.23. The van der Waals surface area contributed by atoms with Gasteiger partial charge in [0.15, 0.2) is 0 Å². The normalized spacial score (nSPS) is 19.8. The minimum atomic E-state index is 0.311. The SMILES string of the molecule is NCC1(CNc2nncs2)CCCC1. The molecule has 1 aliphatic carbocycles. The van der Waals surface area contributed by atoms with Gasteiger partial charge in [0.05, 0.1) is 0 Å². The van der Waals surface area contributed by atoms with E-state index in [2.05, 4.69) is 15.5 Å². The van der Waals surface area contributed by atoms with Gasteiger partial charge < -0.3 is 11.1 Å². The van der Waals surface area contributed by atoms with Gasteiger partial charge in [-0.3, -0.25) is 0 Å². The number of aromatic nitrogens is 2. The third kappa shape index (κ3) is 2.04. The summed E-state index contributed by atoms with van der Waals surface area (Å²) < 4.78 is 0. The van der Waals surface area contributed by atoms with Crippen LogP contribution in [0.3, 0.4) is 0 Å². The molecule has 0 amide bonds. The number of hydrogen-bond acceptors (Lipinski definition) is 5. The maximum Gasteiger partial charge on any atom is 0.205 e. The number of nitrogens with one attached hydrogen (secondary N) is 1. The minimum absolute atomic E-state index is 0.311. The molecule has 0 aliphatic heterocycles. The molecule has 0 unspecified atom stereocenters. The molecule has 3 N–H and O–H groups in total. The fraction of sp³-hybridized carbons (Fsp3) is 0.778. The standard InChI is InChI=1S/C9H16N4S/c10-5-9(3-1-2-4-9)6-11-8-13-12-7-14-8/h7H,1-6,10H2,(H,11,13). The maximum atomic E-state index is 5.84. The first-order valence-electron chi connectivity index (χ1n) is 5.05. The van der Waals surface area contributed by atoms with Crippen LogP contribution >= 0.6 is 11.3 Å². The van der Waals surface area contributed by atoms with Crippen molar-refractivity contribution in [3.05, 3.63) is 5.51 Å². The van der Waals surface area contributed by atoms with E-state index in [1.807, 2.05) is 0 Å². The first kappa shape index (κ1) is 9.86. The topological polar surface area (TPSA) is 63.8 Å². The van der Waals surface area contributed by atoms with Crippen molar-refractivity contribution in [1.82, 2.24) is 10.2 Å². The Kier molecular flexibility index (Phi) is 2.98. The number of anilines is 1. The van der Waals surface area contributed by atoms with Crippen LogP contribution < -0.4 is 11.1 Å². The summed E-state index contributed by atoms with van der Waals surface area (Å²) >= 11 is 1.54. The van der Waals surface area contributed by atoms with Gasteiger partial charge in [0.2, 0.25) is 5.13 Å². The molecule has 1 heterocycles. The molecule has 0 aromatic carbocycles. The Labute approximate surface area is 87.9 Å². The Hall–Kier alpha value is -0.680. The third-order valence-electron chi connectivity index (χ3n) is 3.07. The maximum absolute atomic E-state index is 5.84. The second-order valence-electron chi connectivity index (χ2n) is 4.01. The number of rotatable bonds is 4. The lowest BCUT2D eigenvalue weighted by Crippen LogP contribution is -2.34. The number of hydrogen-bond donors (Lipinski definition) is 2. The molecule has 1 aromatic heterocycles. The fourth-order valence-electron chi connectivity index (χ4n) is 2.09. The molecule has 1 saturated carbocycles. The second-order valence-corrected chi connectivity index (χ2v) is 4.84. The van der Waals surface area contributed by atoms with Gasteiger partial charge in [-0.05, 0) is 24.8 Å². The number of nitrogens with two attached hydrogens (primary N) is 1. The van der Waals surface area contributed by atoms with E-state index in [4.69, 9.17) is 5.73 Å². The van der Waals surface area contributed by atoms with Crippen molar-refractivity contribution in [2.45, 2.75) is 25.7 Å². The Morgan fingerprint density at radius 2 is 2.29 bits per heavy atom. The lowest BCUT2D eigenvalue weighted by molar-refractivity contribution is 0.332. The summed E-state index contributed by atoms with van der Waals surface area (Å²) in [5, 5.41) is 12.0. The highest BCUT2D eigenvalue weighted by Crippen LogP contribution is 2.37. The van der Waals surface area contributed by atoms with Gasteiger partial charge in [0.1, 0.15) is 5.51 Å². The summed E-state index contributed by atoms with van der Waals surface area (Å²) in [6.45, 7) is 1.72. The Morgan fingerprint density at radius 1 is 1.50 bits per heavy atom. The highest BCUT2D eigenvalue weighted by atomic mass is 32.1. The summed E-state index contributed by atoms with van der Waals surface area (Å²) in [5.41, 5.74) is 7.89. The van der Waals surface area contributed by atoms with Gasteiger partial charge in [-0.15, -0.1) is 10.2 Å². The van der Waals surface area contributed by atoms with Crippen LogP contribution in [0, 0.1) is 5.41 Å². The van der Waals surface area contributed by atoms with Crippen molar-refractivity contribution in [2.24, 2.45) is 11.1 Å². The molecular weight excluding hydrogens is 196 g/mol. The summed E-state index contributed by atoms with van der Waals surface area (Å²) in [7, 11) is 0. The fourth-order valence-corrected chi connectivity index (χ4v) is 2.54. The van der Waals surface area contributed by atoms with Crippen molar-refractivity contribution in [1.29, 1.82) is 0 Å². The third-order valence-corrected chi connectivity index (χ3v) is 3.72. The number of nitrogens with zero attached hydrogens (tertiary/aromatic N) is 2. The summed E-state index contributed by atoms with van der Waals surface area (Å²) in [5.74, 6) is 0. The monoisotopic (exact) mass is 212 g/mol. The molecule has 0 radical (unpaired) electrons. The van der Waals surface area contributed by atoms with Crippen LogP contribution in [0.2, 0.25) is 0 Å². The molecule has 0 saturated heterocycles. The van der Waals surface area contributed by atoms with Crippen LogP contribution in [0.4, 0.5) is 5.13 Å². The van der Waals surface area contributed by atoms with Gasteiger partial charge in [0.25, 0.3) is 0 Å². The van der Waals surface area contributed by atoms with Gasteiger partial charge in [-0.2, -0.15) is 0 Å². The molecule has 0 spiro atoms. The van der Waals surface area contributed by atoms with Gasteiger partial charge in [-0.1, -0.05) is 24.2 Å². The summed E-state index contributed by atoms with van der Waals surface area (Å²) in [4.78, 5) is 0. The van der Waals surface area contributed by atoms with Crippen LogP contribution in [0.15, 0.2) is 5.51 Å². The van der Waals surface area contributed by atoms with Crippen LogP contribution in [-0.2, 0) is 0 Å². The molecule has 1 fully saturated rings. The van der Waals surface area contributed by atoms with Crippen LogP contribution in [0.5, 0.6) is 0 Å². The first-order chi connectivity index (χ1) is 6.85. The Morgan fingerprint density at radius 3 is 2.86 bits per heavy atom. The molecule has 0 bridgehead atoms. The van der Waals surface area contributed by atoms with E-state index in [-0.39, 0.29) is 0 Å². The largest absolute Gasteiger partial charge is 0.359 e. The van der Waals surface area contributed by atoms with E-state index >= 15 is 0 Å². The quantitative estimate of drug-likeness (QED) is 0.793. The van der Waals surface area contributed by atoms with Crippen molar-refractivity contribution in [2.75, 3.05) is 18.4 Å². The molecule has 78 valence electrons. The molecule has 5 heteroatoms. The molecular formula is C9H16N4S. The lowest BCUT2D eigenvalue weighted by Gasteiger charge is -2.26. The van der Waals surface area contributed by atoms with Crippen molar-refractivity contribution >= 4 is 16.5 Å². The van der Waals surface area contributed by atoms with Crippen LogP contribution in [-0.4, -0.2) is 23.3 Å². The summed E-state index contributed by atoms with van der Waals surface area (Å²) in [6.07, 6.45) is 5.12. The van der Waals surface area contributed by atoms with Crippen molar-refractivity contribution in [3.8, 4) is 0 Å². The molecule has 2 rings (SSSR count). The zero-order chi connectivity index (χ0) is 9.86. The van der Waals surface area contributed by atoms with E-state index in [0.29, 0.717) is 5.41 Å². The zero-order valence-corrected chi connectivity index (χ0v) is 9.02. The molecule has 1 aromatic rings. The Balaban J connectivity index is 1.89. The highest BCUT2D eigenvalue weighted by molar-refractivity contribution is 7.13. The van der Waals surface area contributed by atoms with Gasteiger partial charge in [-0.25, -0.2) is 0 Å². The van der Waals surface area contributed by atoms with E-state index in [1.165, 1.54) is 25.7 Å². The molecule has 0 atom stereocenters. The zero-order valence-electron chi connectivity index (χ0n) is 8.20. The smallest absolute Gasteiger partial charge is 0.205 e. The molecule has 1 aliphatic rings. The lowest BCUT2D eigenvalue weighted by atomic mass is 9.86. The molecule has 4 nitrogen and oxygen atoms in total. The predicted molar refractivity (Wildman–Crippen MR) is 58.4 cm³/mol. The summed E-state index contributed by atoms with van der Waals surface area (Å²) in [6, 6.07) is 0. The van der Waals surface area contributed by atoms with Gasteiger partial charge in [0, 0.05) is 6.54 Å². The average Bonchev–Trinajstić information content (AvgIpc) is 2.87. The van der Waals surface area contributed by atoms with E-state index in [9.17, 15) is 0 Å².